The molecule has 1 fully saturated rings. The van der Waals surface area contributed by atoms with Gasteiger partial charge in [-0.05, 0) is 54.9 Å². The van der Waals surface area contributed by atoms with Gasteiger partial charge in [-0.15, -0.1) is 0 Å². The van der Waals surface area contributed by atoms with Crippen LogP contribution in [0.4, 0.5) is 0 Å². The Kier molecular flexibility index (Phi) is 5.44. The second-order valence-corrected chi connectivity index (χ2v) is 5.70. The van der Waals surface area contributed by atoms with E-state index in [2.05, 4.69) is 36.9 Å². The first-order valence-electron chi connectivity index (χ1n) is 7.10. The molecule has 94 valence electrons. The maximum atomic E-state index is 4.25. The van der Waals surface area contributed by atoms with Crippen LogP contribution in [0, 0.1) is 0 Å². The summed E-state index contributed by atoms with van der Waals surface area (Å²) in [4.78, 5) is 0. The van der Waals surface area contributed by atoms with Crippen LogP contribution in [0.15, 0.2) is 24.3 Å². The van der Waals surface area contributed by atoms with Crippen LogP contribution in [0.25, 0.3) is 0 Å². The minimum Gasteiger partial charge on any atom is -0.179 e. The van der Waals surface area contributed by atoms with Gasteiger partial charge in [0, 0.05) is 0 Å². The van der Waals surface area contributed by atoms with Gasteiger partial charge in [-0.3, -0.25) is 0 Å². The van der Waals surface area contributed by atoms with E-state index in [0.29, 0.717) is 0 Å². The number of unbranched alkanes of at least 4 members (excludes halogenated alkanes) is 1. The van der Waals surface area contributed by atoms with E-state index in [4.69, 9.17) is 0 Å². The fraction of sp³-hybridized carbons (Fsp3) is 0.625. The van der Waals surface area contributed by atoms with E-state index in [9.17, 15) is 0 Å². The zero-order chi connectivity index (χ0) is 11.9. The summed E-state index contributed by atoms with van der Waals surface area (Å²) < 4.78 is 0. The van der Waals surface area contributed by atoms with Gasteiger partial charge in [0.25, 0.3) is 0 Å². The second kappa shape index (κ2) is 7.10. The van der Waals surface area contributed by atoms with Crippen molar-refractivity contribution < 1.29 is 0 Å². The number of hydrogen-bond acceptors (Lipinski definition) is 1. The number of hydrogen-bond donors (Lipinski definition) is 1. The largest absolute Gasteiger partial charge is 0.179 e. The molecule has 0 nitrogen and oxygen atoms in total. The highest BCUT2D eigenvalue weighted by molar-refractivity contribution is 7.80. The first-order chi connectivity index (χ1) is 8.40. The molecular weight excluding hydrogens is 224 g/mol. The lowest BCUT2D eigenvalue weighted by Crippen LogP contribution is -2.04. The summed E-state index contributed by atoms with van der Waals surface area (Å²) in [5, 5.41) is 0. The van der Waals surface area contributed by atoms with Crippen molar-refractivity contribution in [3.8, 4) is 0 Å². The number of thiol groups is 1. The lowest BCUT2D eigenvalue weighted by Gasteiger charge is -2.22. The third-order valence-electron chi connectivity index (χ3n) is 3.93. The zero-order valence-corrected chi connectivity index (χ0v) is 11.6. The van der Waals surface area contributed by atoms with Gasteiger partial charge in [0.1, 0.15) is 0 Å². The second-order valence-electron chi connectivity index (χ2n) is 5.26. The van der Waals surface area contributed by atoms with Gasteiger partial charge in [0.15, 0.2) is 0 Å². The lowest BCUT2D eigenvalue weighted by molar-refractivity contribution is 0.443. The Hall–Kier alpha value is -0.430. The van der Waals surface area contributed by atoms with Gasteiger partial charge in [-0.2, -0.15) is 12.6 Å². The quantitative estimate of drug-likeness (QED) is 0.551. The summed E-state index contributed by atoms with van der Waals surface area (Å²) in [6.45, 7) is 0. The van der Waals surface area contributed by atoms with E-state index in [1.54, 1.807) is 5.56 Å². The summed E-state index contributed by atoms with van der Waals surface area (Å²) in [5.74, 6) is 1.86. The normalized spacial score (nSPS) is 17.2. The fourth-order valence-corrected chi connectivity index (χ4v) is 3.06. The predicted molar refractivity (Wildman–Crippen MR) is 79.1 cm³/mol. The van der Waals surface area contributed by atoms with Crippen LogP contribution in [0.5, 0.6) is 0 Å². The van der Waals surface area contributed by atoms with E-state index in [-0.39, 0.29) is 0 Å². The maximum Gasteiger partial charge on any atom is -0.00978 e. The van der Waals surface area contributed by atoms with Crippen molar-refractivity contribution >= 4 is 12.6 Å². The molecule has 1 aromatic rings. The molecule has 0 aliphatic heterocycles. The Labute approximate surface area is 111 Å². The maximum absolute atomic E-state index is 4.25. The van der Waals surface area contributed by atoms with Crippen LogP contribution in [0.1, 0.15) is 62.0 Å². The summed E-state index contributed by atoms with van der Waals surface area (Å²) in [5.41, 5.74) is 3.06. The highest BCUT2D eigenvalue weighted by atomic mass is 32.1. The van der Waals surface area contributed by atoms with Gasteiger partial charge in [-0.25, -0.2) is 0 Å². The smallest absolute Gasteiger partial charge is 0.00978 e. The summed E-state index contributed by atoms with van der Waals surface area (Å²) in [7, 11) is 0. The highest BCUT2D eigenvalue weighted by Gasteiger charge is 2.14. The molecule has 1 aliphatic rings. The molecule has 1 heteroatoms. The van der Waals surface area contributed by atoms with Gasteiger partial charge < -0.3 is 0 Å². The molecule has 0 saturated heterocycles. The van der Waals surface area contributed by atoms with Gasteiger partial charge >= 0.3 is 0 Å². The Bertz CT molecular complexity index is 309. The Morgan fingerprint density at radius 2 is 1.65 bits per heavy atom. The number of rotatable bonds is 5. The molecule has 0 aromatic heterocycles. The molecule has 0 N–H and O–H groups in total. The minimum absolute atomic E-state index is 0.843. The monoisotopic (exact) mass is 248 g/mol. The van der Waals surface area contributed by atoms with E-state index in [1.807, 2.05) is 0 Å². The summed E-state index contributed by atoms with van der Waals surface area (Å²) in [6, 6.07) is 9.41. The zero-order valence-electron chi connectivity index (χ0n) is 10.7. The molecule has 0 radical (unpaired) electrons. The van der Waals surface area contributed by atoms with E-state index < -0.39 is 0 Å². The fourth-order valence-electron chi connectivity index (χ4n) is 2.83. The van der Waals surface area contributed by atoms with Crippen LogP contribution < -0.4 is 0 Å². The first-order valence-corrected chi connectivity index (χ1v) is 7.73. The third-order valence-corrected chi connectivity index (χ3v) is 4.25. The molecule has 0 atom stereocenters. The van der Waals surface area contributed by atoms with Crippen LogP contribution in [-0.2, 0) is 6.42 Å². The van der Waals surface area contributed by atoms with Crippen LogP contribution in [0.3, 0.4) is 0 Å². The summed E-state index contributed by atoms with van der Waals surface area (Å²) >= 11 is 4.25. The van der Waals surface area contributed by atoms with Gasteiger partial charge in [0.2, 0.25) is 0 Å². The van der Waals surface area contributed by atoms with Crippen LogP contribution in [0.2, 0.25) is 0 Å². The first kappa shape index (κ1) is 13.0. The molecule has 2 rings (SSSR count). The van der Waals surface area contributed by atoms with Crippen molar-refractivity contribution in [2.45, 2.75) is 57.3 Å². The predicted octanol–water partition coefficient (Wildman–Crippen LogP) is 4.99. The molecule has 0 bridgehead atoms. The van der Waals surface area contributed by atoms with E-state index in [0.717, 1.165) is 11.7 Å². The van der Waals surface area contributed by atoms with E-state index >= 15 is 0 Å². The Balaban J connectivity index is 1.88. The molecule has 0 spiro atoms. The molecule has 0 amide bonds. The number of benzene rings is 1. The summed E-state index contributed by atoms with van der Waals surface area (Å²) in [6.07, 6.45) is 10.8. The Morgan fingerprint density at radius 3 is 2.29 bits per heavy atom. The van der Waals surface area contributed by atoms with Crippen LogP contribution in [-0.4, -0.2) is 5.75 Å². The number of aryl methyl sites for hydroxylation is 1. The lowest BCUT2D eigenvalue weighted by atomic mass is 9.84. The van der Waals surface area contributed by atoms with Crippen molar-refractivity contribution in [2.75, 3.05) is 5.75 Å². The molecule has 0 heterocycles. The van der Waals surface area contributed by atoms with E-state index in [1.165, 1.54) is 56.9 Å². The Morgan fingerprint density at radius 1 is 0.941 bits per heavy atom. The third kappa shape index (κ3) is 4.06. The van der Waals surface area contributed by atoms with Crippen molar-refractivity contribution in [3.63, 3.8) is 0 Å². The topological polar surface area (TPSA) is 0 Å². The molecule has 17 heavy (non-hydrogen) atoms. The van der Waals surface area contributed by atoms with Crippen molar-refractivity contribution in [2.24, 2.45) is 0 Å². The standard InChI is InChI=1S/C16H24S/c17-13-5-4-6-14-9-11-16(12-10-14)15-7-2-1-3-8-15/h9-12,15,17H,1-8,13H2. The molecule has 1 saturated carbocycles. The van der Waals surface area contributed by atoms with Gasteiger partial charge in [0.05, 0.1) is 0 Å². The molecule has 0 unspecified atom stereocenters. The molecule has 1 aliphatic carbocycles. The highest BCUT2D eigenvalue weighted by Crippen LogP contribution is 2.32. The molecular formula is C16H24S. The average molecular weight is 248 g/mol. The van der Waals surface area contributed by atoms with Crippen molar-refractivity contribution in [3.05, 3.63) is 35.4 Å². The SMILES string of the molecule is SCCCCc1ccc(C2CCCCC2)cc1. The van der Waals surface area contributed by atoms with Crippen molar-refractivity contribution in [1.82, 2.24) is 0 Å². The van der Waals surface area contributed by atoms with Gasteiger partial charge in [-0.1, -0.05) is 43.5 Å². The minimum atomic E-state index is 0.843. The average Bonchev–Trinajstić information content (AvgIpc) is 2.41. The van der Waals surface area contributed by atoms with Crippen LogP contribution >= 0.6 is 12.6 Å². The van der Waals surface area contributed by atoms with Crippen molar-refractivity contribution in [1.29, 1.82) is 0 Å². The molecule has 1 aromatic carbocycles.